The molecular weight excluding hydrogens is 348 g/mol. The second-order valence-corrected chi connectivity index (χ2v) is 6.41. The zero-order valence-electron chi connectivity index (χ0n) is 11.3. The van der Waals surface area contributed by atoms with Crippen molar-refractivity contribution in [3.8, 4) is 5.75 Å². The first-order valence-corrected chi connectivity index (χ1v) is 8.36. The van der Waals surface area contributed by atoms with Gasteiger partial charge in [0.2, 0.25) is 10.0 Å². The fourth-order valence-corrected chi connectivity index (χ4v) is 2.77. The average molecular weight is 365 g/mol. The maximum Gasteiger partial charge on any atom is 0.260 e. The summed E-state index contributed by atoms with van der Waals surface area (Å²) in [5, 5.41) is 5.02. The van der Waals surface area contributed by atoms with Gasteiger partial charge in [-0.25, -0.2) is 13.6 Å². The Hall–Kier alpha value is -1.12. The highest BCUT2D eigenvalue weighted by molar-refractivity contribution is 9.10. The lowest BCUT2D eigenvalue weighted by atomic mass is 10.3. The summed E-state index contributed by atoms with van der Waals surface area (Å²) in [7, 11) is -3.76. The third kappa shape index (κ3) is 4.46. The first-order valence-electron chi connectivity index (χ1n) is 6.02. The first-order chi connectivity index (χ1) is 9.29. The summed E-state index contributed by atoms with van der Waals surface area (Å²) in [6.45, 7) is 4.90. The number of hydrogen-bond acceptors (Lipinski definition) is 4. The smallest absolute Gasteiger partial charge is 0.260 e. The standard InChI is InChI=1S/C12H17BrN2O4S/c1-3-15(4-2)12(16)8-19-11-6-5-9(7-10(11)13)20(14,17)18/h5-7H,3-4,8H2,1-2H3,(H2,14,17,18). The zero-order chi connectivity index (χ0) is 15.3. The summed E-state index contributed by atoms with van der Waals surface area (Å²) >= 11 is 3.19. The Kier molecular flexibility index (Phi) is 5.97. The monoisotopic (exact) mass is 364 g/mol. The van der Waals surface area contributed by atoms with E-state index in [1.165, 1.54) is 18.2 Å². The van der Waals surface area contributed by atoms with E-state index in [2.05, 4.69) is 15.9 Å². The Balaban J connectivity index is 2.78. The Morgan fingerprint density at radius 1 is 1.35 bits per heavy atom. The molecule has 1 rings (SSSR count). The molecule has 0 aliphatic rings. The molecule has 6 nitrogen and oxygen atoms in total. The van der Waals surface area contributed by atoms with Crippen LogP contribution in [0.25, 0.3) is 0 Å². The van der Waals surface area contributed by atoms with Gasteiger partial charge in [-0.1, -0.05) is 0 Å². The van der Waals surface area contributed by atoms with Crippen LogP contribution in [-0.2, 0) is 14.8 Å². The summed E-state index contributed by atoms with van der Waals surface area (Å²) in [5.74, 6) is 0.260. The van der Waals surface area contributed by atoms with Gasteiger partial charge in [0.15, 0.2) is 6.61 Å². The van der Waals surface area contributed by atoms with Gasteiger partial charge in [-0.2, -0.15) is 0 Å². The fraction of sp³-hybridized carbons (Fsp3) is 0.417. The number of hydrogen-bond donors (Lipinski definition) is 1. The predicted molar refractivity (Wildman–Crippen MR) is 78.9 cm³/mol. The molecule has 0 fully saturated rings. The van der Waals surface area contributed by atoms with Gasteiger partial charge >= 0.3 is 0 Å². The van der Waals surface area contributed by atoms with Crippen LogP contribution in [0.4, 0.5) is 0 Å². The molecule has 0 radical (unpaired) electrons. The van der Waals surface area contributed by atoms with Crippen LogP contribution in [-0.4, -0.2) is 38.9 Å². The van der Waals surface area contributed by atoms with Crippen molar-refractivity contribution in [1.29, 1.82) is 0 Å². The molecule has 0 bridgehead atoms. The second-order valence-electron chi connectivity index (χ2n) is 3.99. The van der Waals surface area contributed by atoms with Crippen molar-refractivity contribution >= 4 is 31.9 Å². The third-order valence-corrected chi connectivity index (χ3v) is 4.23. The molecule has 0 atom stereocenters. The number of amides is 1. The Morgan fingerprint density at radius 3 is 2.40 bits per heavy atom. The second kappa shape index (κ2) is 7.05. The molecular formula is C12H17BrN2O4S. The number of rotatable bonds is 6. The quantitative estimate of drug-likeness (QED) is 0.824. The van der Waals surface area contributed by atoms with Crippen molar-refractivity contribution in [2.45, 2.75) is 18.7 Å². The first kappa shape index (κ1) is 16.9. The van der Waals surface area contributed by atoms with E-state index in [-0.39, 0.29) is 17.4 Å². The summed E-state index contributed by atoms with van der Waals surface area (Å²) < 4.78 is 28.2. The lowest BCUT2D eigenvalue weighted by Gasteiger charge is -2.19. The number of benzene rings is 1. The lowest BCUT2D eigenvalue weighted by molar-refractivity contribution is -0.132. The van der Waals surface area contributed by atoms with Crippen molar-refractivity contribution in [2.75, 3.05) is 19.7 Å². The summed E-state index contributed by atoms with van der Waals surface area (Å²) in [5.41, 5.74) is 0. The minimum absolute atomic E-state index is 0.0215. The number of sulfonamides is 1. The highest BCUT2D eigenvalue weighted by atomic mass is 79.9. The van der Waals surface area contributed by atoms with E-state index >= 15 is 0 Å². The predicted octanol–water partition coefficient (Wildman–Crippen LogP) is 1.34. The number of carbonyl (C=O) groups excluding carboxylic acids is 1. The molecule has 0 aromatic heterocycles. The highest BCUT2D eigenvalue weighted by Crippen LogP contribution is 2.27. The molecule has 2 N–H and O–H groups in total. The van der Waals surface area contributed by atoms with Crippen LogP contribution in [0.15, 0.2) is 27.6 Å². The molecule has 0 heterocycles. The molecule has 1 aromatic rings. The summed E-state index contributed by atoms with van der Waals surface area (Å²) in [4.78, 5) is 13.4. The van der Waals surface area contributed by atoms with E-state index < -0.39 is 10.0 Å². The fourth-order valence-electron chi connectivity index (χ4n) is 1.58. The topological polar surface area (TPSA) is 89.7 Å². The number of likely N-dealkylation sites (N-methyl/N-ethyl adjacent to an activating group) is 1. The Labute approximate surface area is 127 Å². The molecule has 0 saturated heterocycles. The van der Waals surface area contributed by atoms with E-state index in [4.69, 9.17) is 9.88 Å². The molecule has 1 aromatic carbocycles. The van der Waals surface area contributed by atoms with E-state index in [9.17, 15) is 13.2 Å². The minimum atomic E-state index is -3.76. The highest BCUT2D eigenvalue weighted by Gasteiger charge is 2.14. The normalized spacial score (nSPS) is 11.2. The lowest BCUT2D eigenvalue weighted by Crippen LogP contribution is -2.34. The number of nitrogens with two attached hydrogens (primary N) is 1. The van der Waals surface area contributed by atoms with E-state index in [1.54, 1.807) is 4.90 Å². The van der Waals surface area contributed by atoms with Crippen molar-refractivity contribution in [3.63, 3.8) is 0 Å². The third-order valence-electron chi connectivity index (χ3n) is 2.70. The van der Waals surface area contributed by atoms with Crippen LogP contribution < -0.4 is 9.88 Å². The van der Waals surface area contributed by atoms with E-state index in [0.29, 0.717) is 23.3 Å². The van der Waals surface area contributed by atoms with Crippen molar-refractivity contribution in [3.05, 3.63) is 22.7 Å². The summed E-state index contributed by atoms with van der Waals surface area (Å²) in [6, 6.07) is 4.13. The Bertz CT molecular complexity index is 585. The van der Waals surface area contributed by atoms with Crippen LogP contribution in [0, 0.1) is 0 Å². The molecule has 0 unspecified atom stereocenters. The molecule has 112 valence electrons. The average Bonchev–Trinajstić information content (AvgIpc) is 2.37. The molecule has 0 spiro atoms. The molecule has 20 heavy (non-hydrogen) atoms. The molecule has 0 aliphatic heterocycles. The van der Waals surface area contributed by atoms with Crippen LogP contribution in [0.2, 0.25) is 0 Å². The van der Waals surface area contributed by atoms with E-state index in [1.807, 2.05) is 13.8 Å². The molecule has 0 saturated carbocycles. The van der Waals surface area contributed by atoms with Gasteiger partial charge in [0, 0.05) is 13.1 Å². The van der Waals surface area contributed by atoms with Gasteiger partial charge in [0.05, 0.1) is 9.37 Å². The van der Waals surface area contributed by atoms with Crippen LogP contribution in [0.1, 0.15) is 13.8 Å². The summed E-state index contributed by atoms with van der Waals surface area (Å²) in [6.07, 6.45) is 0. The van der Waals surface area contributed by atoms with Gasteiger partial charge in [0.25, 0.3) is 5.91 Å². The van der Waals surface area contributed by atoms with Crippen molar-refractivity contribution < 1.29 is 17.9 Å². The maximum atomic E-state index is 11.8. The number of primary sulfonamides is 1. The van der Waals surface area contributed by atoms with Gasteiger partial charge in [0.1, 0.15) is 5.75 Å². The number of carbonyl (C=O) groups is 1. The maximum absolute atomic E-state index is 11.8. The number of halogens is 1. The Morgan fingerprint density at radius 2 is 1.95 bits per heavy atom. The van der Waals surface area contributed by atoms with E-state index in [0.717, 1.165) is 0 Å². The van der Waals surface area contributed by atoms with Crippen molar-refractivity contribution in [2.24, 2.45) is 5.14 Å². The van der Waals surface area contributed by atoms with Gasteiger partial charge in [-0.05, 0) is 48.0 Å². The van der Waals surface area contributed by atoms with Gasteiger partial charge in [-0.3, -0.25) is 4.79 Å². The molecule has 8 heteroatoms. The van der Waals surface area contributed by atoms with Crippen LogP contribution >= 0.6 is 15.9 Å². The van der Waals surface area contributed by atoms with Gasteiger partial charge in [-0.15, -0.1) is 0 Å². The molecule has 0 aliphatic carbocycles. The largest absolute Gasteiger partial charge is 0.483 e. The number of nitrogens with zero attached hydrogens (tertiary/aromatic N) is 1. The SMILES string of the molecule is CCN(CC)C(=O)COc1ccc(S(N)(=O)=O)cc1Br. The number of ether oxygens (including phenoxy) is 1. The van der Waals surface area contributed by atoms with Crippen LogP contribution in [0.3, 0.4) is 0 Å². The van der Waals surface area contributed by atoms with Gasteiger partial charge < -0.3 is 9.64 Å². The minimum Gasteiger partial charge on any atom is -0.483 e. The van der Waals surface area contributed by atoms with Crippen LogP contribution in [0.5, 0.6) is 5.75 Å². The van der Waals surface area contributed by atoms with Crippen molar-refractivity contribution in [1.82, 2.24) is 4.90 Å². The zero-order valence-corrected chi connectivity index (χ0v) is 13.7. The molecule has 1 amide bonds.